The molecule has 1 aromatic carbocycles. The summed E-state index contributed by atoms with van der Waals surface area (Å²) < 4.78 is 12.7. The van der Waals surface area contributed by atoms with Crippen LogP contribution in [0.25, 0.3) is 0 Å². The highest BCUT2D eigenvalue weighted by molar-refractivity contribution is 5.44. The maximum absolute atomic E-state index is 12.7. The van der Waals surface area contributed by atoms with Crippen molar-refractivity contribution in [3.8, 4) is 0 Å². The molecule has 94 valence electrons. The molecule has 0 radical (unpaired) electrons. The van der Waals surface area contributed by atoms with Crippen LogP contribution in [0, 0.1) is 19.8 Å². The molecule has 1 unspecified atom stereocenters. The van der Waals surface area contributed by atoms with Gasteiger partial charge in [0.2, 0.25) is 5.95 Å². The van der Waals surface area contributed by atoms with Crippen LogP contribution < -0.4 is 5.32 Å². The Labute approximate surface area is 107 Å². The number of hydrogen-bond acceptors (Lipinski definition) is 2. The zero-order valence-electron chi connectivity index (χ0n) is 10.9. The number of pyridine rings is 1. The Morgan fingerprint density at radius 1 is 1.17 bits per heavy atom. The summed E-state index contributed by atoms with van der Waals surface area (Å²) in [5, 5.41) is 3.32. The van der Waals surface area contributed by atoms with Crippen molar-refractivity contribution >= 4 is 5.69 Å². The number of rotatable bonds is 3. The maximum atomic E-state index is 12.7. The lowest BCUT2D eigenvalue weighted by Gasteiger charge is -2.18. The molecule has 18 heavy (non-hydrogen) atoms. The molecule has 2 nitrogen and oxygen atoms in total. The lowest BCUT2D eigenvalue weighted by molar-refractivity contribution is 0.584. The highest BCUT2D eigenvalue weighted by Crippen LogP contribution is 2.22. The van der Waals surface area contributed by atoms with Gasteiger partial charge in [0.25, 0.3) is 0 Å². The molecule has 0 amide bonds. The number of aromatic nitrogens is 1. The minimum absolute atomic E-state index is 0.165. The molecule has 0 saturated heterocycles. The van der Waals surface area contributed by atoms with Crippen LogP contribution in [0.2, 0.25) is 0 Å². The Balaban J connectivity index is 2.16. The monoisotopic (exact) mass is 244 g/mol. The first-order valence-corrected chi connectivity index (χ1v) is 6.01. The van der Waals surface area contributed by atoms with Crippen molar-refractivity contribution in [3.63, 3.8) is 0 Å². The SMILES string of the molecule is Cc1ccc(C(C)Nc2ccc(F)nc2)c(C)c1. The summed E-state index contributed by atoms with van der Waals surface area (Å²) in [5.41, 5.74) is 4.57. The van der Waals surface area contributed by atoms with E-state index in [2.05, 4.69) is 49.3 Å². The standard InChI is InChI=1S/C15H17FN2/c1-10-4-6-14(11(2)8-10)12(3)18-13-5-7-15(16)17-9-13/h4-9,12,18H,1-3H3. The molecule has 2 aromatic rings. The molecule has 3 heteroatoms. The lowest BCUT2D eigenvalue weighted by Crippen LogP contribution is -2.08. The van der Waals surface area contributed by atoms with Gasteiger partial charge in [0.1, 0.15) is 0 Å². The van der Waals surface area contributed by atoms with Crippen molar-refractivity contribution in [2.45, 2.75) is 26.8 Å². The summed E-state index contributed by atoms with van der Waals surface area (Å²) in [6.07, 6.45) is 1.51. The van der Waals surface area contributed by atoms with Gasteiger partial charge in [-0.2, -0.15) is 4.39 Å². The summed E-state index contributed by atoms with van der Waals surface area (Å²) in [7, 11) is 0. The van der Waals surface area contributed by atoms with Gasteiger partial charge in [0.05, 0.1) is 11.9 Å². The van der Waals surface area contributed by atoms with Crippen LogP contribution in [0.1, 0.15) is 29.7 Å². The summed E-state index contributed by atoms with van der Waals surface area (Å²) in [6, 6.07) is 9.61. The molecule has 0 spiro atoms. The van der Waals surface area contributed by atoms with E-state index in [0.29, 0.717) is 0 Å². The van der Waals surface area contributed by atoms with Crippen LogP contribution >= 0.6 is 0 Å². The highest BCUT2D eigenvalue weighted by Gasteiger charge is 2.08. The van der Waals surface area contributed by atoms with Gasteiger partial charge in [-0.3, -0.25) is 0 Å². The number of benzene rings is 1. The van der Waals surface area contributed by atoms with Gasteiger partial charge in [-0.25, -0.2) is 4.98 Å². The molecule has 0 saturated carbocycles. The van der Waals surface area contributed by atoms with Crippen LogP contribution in [0.15, 0.2) is 36.5 Å². The Kier molecular flexibility index (Phi) is 3.60. The average Bonchev–Trinajstić information content (AvgIpc) is 2.32. The van der Waals surface area contributed by atoms with E-state index in [1.165, 1.54) is 29.0 Å². The summed E-state index contributed by atoms with van der Waals surface area (Å²) >= 11 is 0. The Hall–Kier alpha value is -1.90. The Morgan fingerprint density at radius 3 is 2.56 bits per heavy atom. The highest BCUT2D eigenvalue weighted by atomic mass is 19.1. The van der Waals surface area contributed by atoms with Crippen LogP contribution in [0.4, 0.5) is 10.1 Å². The lowest BCUT2D eigenvalue weighted by atomic mass is 10.0. The van der Waals surface area contributed by atoms with Crippen molar-refractivity contribution in [2.75, 3.05) is 5.32 Å². The first-order chi connectivity index (χ1) is 8.56. The fourth-order valence-electron chi connectivity index (χ4n) is 2.10. The summed E-state index contributed by atoms with van der Waals surface area (Å²) in [5.74, 6) is -0.459. The van der Waals surface area contributed by atoms with Crippen molar-refractivity contribution in [3.05, 3.63) is 59.2 Å². The molecule has 1 aromatic heterocycles. The molecule has 0 bridgehead atoms. The zero-order chi connectivity index (χ0) is 13.1. The van der Waals surface area contributed by atoms with E-state index < -0.39 is 5.95 Å². The third-order valence-corrected chi connectivity index (χ3v) is 3.00. The van der Waals surface area contributed by atoms with Gasteiger partial charge in [-0.1, -0.05) is 23.8 Å². The largest absolute Gasteiger partial charge is 0.377 e. The molecule has 1 heterocycles. The third-order valence-electron chi connectivity index (χ3n) is 3.00. The first-order valence-electron chi connectivity index (χ1n) is 6.01. The van der Waals surface area contributed by atoms with Gasteiger partial charge in [-0.15, -0.1) is 0 Å². The molecule has 2 rings (SSSR count). The predicted molar refractivity (Wildman–Crippen MR) is 72.1 cm³/mol. The molecule has 0 aliphatic carbocycles. The van der Waals surface area contributed by atoms with Gasteiger partial charge in [-0.05, 0) is 44.0 Å². The van der Waals surface area contributed by atoms with E-state index in [-0.39, 0.29) is 6.04 Å². The number of nitrogens with zero attached hydrogens (tertiary/aromatic N) is 1. The van der Waals surface area contributed by atoms with E-state index in [1.807, 2.05) is 0 Å². The van der Waals surface area contributed by atoms with Gasteiger partial charge in [0.15, 0.2) is 0 Å². The molecular weight excluding hydrogens is 227 g/mol. The van der Waals surface area contributed by atoms with E-state index in [9.17, 15) is 4.39 Å². The maximum Gasteiger partial charge on any atom is 0.212 e. The normalized spacial score (nSPS) is 12.2. The molecule has 0 aliphatic rings. The van der Waals surface area contributed by atoms with Crippen molar-refractivity contribution in [1.29, 1.82) is 0 Å². The van der Waals surface area contributed by atoms with Crippen molar-refractivity contribution in [2.24, 2.45) is 0 Å². The van der Waals surface area contributed by atoms with Crippen LogP contribution in [0.3, 0.4) is 0 Å². The fourth-order valence-corrected chi connectivity index (χ4v) is 2.10. The van der Waals surface area contributed by atoms with Crippen molar-refractivity contribution in [1.82, 2.24) is 4.98 Å². The molecular formula is C15H17FN2. The summed E-state index contributed by atoms with van der Waals surface area (Å²) in [4.78, 5) is 3.63. The van der Waals surface area contributed by atoms with Crippen LogP contribution in [-0.4, -0.2) is 4.98 Å². The van der Waals surface area contributed by atoms with E-state index in [1.54, 1.807) is 6.07 Å². The quantitative estimate of drug-likeness (QED) is 0.825. The molecule has 1 atom stereocenters. The second-order valence-corrected chi connectivity index (χ2v) is 4.60. The van der Waals surface area contributed by atoms with E-state index in [0.717, 1.165) is 5.69 Å². The number of hydrogen-bond donors (Lipinski definition) is 1. The molecule has 0 aliphatic heterocycles. The number of nitrogens with one attached hydrogen (secondary N) is 1. The second-order valence-electron chi connectivity index (χ2n) is 4.60. The van der Waals surface area contributed by atoms with Crippen molar-refractivity contribution < 1.29 is 4.39 Å². The zero-order valence-corrected chi connectivity index (χ0v) is 10.9. The van der Waals surface area contributed by atoms with Gasteiger partial charge >= 0.3 is 0 Å². The predicted octanol–water partition coefficient (Wildman–Crippen LogP) is 4.01. The average molecular weight is 244 g/mol. The number of aryl methyl sites for hydroxylation is 2. The summed E-state index contributed by atoms with van der Waals surface area (Å²) in [6.45, 7) is 6.27. The number of halogens is 1. The van der Waals surface area contributed by atoms with E-state index in [4.69, 9.17) is 0 Å². The minimum atomic E-state index is -0.459. The van der Waals surface area contributed by atoms with Gasteiger partial charge < -0.3 is 5.32 Å². The number of anilines is 1. The first kappa shape index (κ1) is 12.6. The minimum Gasteiger partial charge on any atom is -0.377 e. The topological polar surface area (TPSA) is 24.9 Å². The molecule has 0 fully saturated rings. The van der Waals surface area contributed by atoms with Crippen LogP contribution in [-0.2, 0) is 0 Å². The Bertz CT molecular complexity index is 535. The fraction of sp³-hybridized carbons (Fsp3) is 0.267. The Morgan fingerprint density at radius 2 is 1.94 bits per heavy atom. The van der Waals surface area contributed by atoms with Gasteiger partial charge in [0, 0.05) is 6.04 Å². The second kappa shape index (κ2) is 5.17. The smallest absolute Gasteiger partial charge is 0.212 e. The molecule has 1 N–H and O–H groups in total. The third kappa shape index (κ3) is 2.86. The van der Waals surface area contributed by atoms with Crippen LogP contribution in [0.5, 0.6) is 0 Å². The van der Waals surface area contributed by atoms with E-state index >= 15 is 0 Å².